The van der Waals surface area contributed by atoms with Gasteiger partial charge in [0.05, 0.1) is 18.2 Å². The maximum absolute atomic E-state index is 11.2. The van der Waals surface area contributed by atoms with Crippen molar-refractivity contribution in [2.75, 3.05) is 0 Å². The molecule has 0 radical (unpaired) electrons. The minimum absolute atomic E-state index is 0.0514. The van der Waals surface area contributed by atoms with Crippen LogP contribution in [-0.2, 0) is 9.22 Å². The van der Waals surface area contributed by atoms with Crippen molar-refractivity contribution in [3.05, 3.63) is 0 Å². The third-order valence-electron chi connectivity index (χ3n) is 3.91. The number of aliphatic hydroxyl groups excluding tert-OH is 1. The molecule has 1 aliphatic heterocycles. The van der Waals surface area contributed by atoms with E-state index in [1.54, 1.807) is 6.92 Å². The van der Waals surface area contributed by atoms with Crippen molar-refractivity contribution in [1.82, 2.24) is 10.9 Å². The van der Waals surface area contributed by atoms with E-state index in [0.29, 0.717) is 6.42 Å². The molecule has 1 aliphatic rings. The average molecular weight is 274 g/mol. The van der Waals surface area contributed by atoms with Crippen LogP contribution in [0.2, 0.25) is 18.1 Å². The highest BCUT2D eigenvalue weighted by atomic mass is 28.4. The second kappa shape index (κ2) is 5.28. The third-order valence-corrected chi connectivity index (χ3v) is 8.39. The molecule has 3 atom stereocenters. The monoisotopic (exact) mass is 274 g/mol. The van der Waals surface area contributed by atoms with E-state index in [4.69, 9.17) is 4.43 Å². The van der Waals surface area contributed by atoms with E-state index < -0.39 is 14.4 Å². The zero-order valence-electron chi connectivity index (χ0n) is 12.2. The van der Waals surface area contributed by atoms with Crippen molar-refractivity contribution in [2.24, 2.45) is 0 Å². The minimum atomic E-state index is -1.96. The lowest BCUT2D eigenvalue weighted by molar-refractivity contribution is -0.119. The zero-order chi connectivity index (χ0) is 14.1. The van der Waals surface area contributed by atoms with Crippen LogP contribution in [0.15, 0.2) is 0 Å². The van der Waals surface area contributed by atoms with Gasteiger partial charge in [0, 0.05) is 6.42 Å². The quantitative estimate of drug-likeness (QED) is 0.673. The van der Waals surface area contributed by atoms with Crippen LogP contribution < -0.4 is 10.9 Å². The van der Waals surface area contributed by atoms with Crippen molar-refractivity contribution < 1.29 is 14.3 Å². The molecule has 5 nitrogen and oxygen atoms in total. The van der Waals surface area contributed by atoms with E-state index in [0.717, 1.165) is 0 Å². The summed E-state index contributed by atoms with van der Waals surface area (Å²) >= 11 is 0. The molecule has 6 heteroatoms. The number of carbonyl (C=O) groups excluding carboxylic acids is 1. The highest BCUT2D eigenvalue weighted by Gasteiger charge is 2.43. The molecule has 1 amide bonds. The van der Waals surface area contributed by atoms with Crippen LogP contribution in [-0.4, -0.2) is 37.6 Å². The molecule has 0 bridgehead atoms. The van der Waals surface area contributed by atoms with Gasteiger partial charge >= 0.3 is 0 Å². The Morgan fingerprint density at radius 2 is 2.00 bits per heavy atom. The Labute approximate surface area is 110 Å². The number of hydrazine groups is 1. The highest BCUT2D eigenvalue weighted by Crippen LogP contribution is 2.38. The van der Waals surface area contributed by atoms with Crippen molar-refractivity contribution in [2.45, 2.75) is 70.5 Å². The van der Waals surface area contributed by atoms with Gasteiger partial charge in [-0.3, -0.25) is 10.2 Å². The molecule has 1 heterocycles. The Morgan fingerprint density at radius 3 is 2.33 bits per heavy atom. The van der Waals surface area contributed by atoms with Crippen molar-refractivity contribution in [3.63, 3.8) is 0 Å². The molecule has 18 heavy (non-hydrogen) atoms. The Kier molecular flexibility index (Phi) is 4.59. The van der Waals surface area contributed by atoms with E-state index >= 15 is 0 Å². The summed E-state index contributed by atoms with van der Waals surface area (Å²) in [5.74, 6) is -0.0514. The molecule has 1 saturated heterocycles. The number of amides is 1. The smallest absolute Gasteiger partial charge is 0.235 e. The molecular formula is C12H26N2O3Si. The minimum Gasteiger partial charge on any atom is -0.410 e. The van der Waals surface area contributed by atoms with Gasteiger partial charge in [0.2, 0.25) is 5.91 Å². The zero-order valence-corrected chi connectivity index (χ0v) is 13.2. The van der Waals surface area contributed by atoms with E-state index in [-0.39, 0.29) is 23.1 Å². The van der Waals surface area contributed by atoms with Crippen molar-refractivity contribution >= 4 is 14.2 Å². The summed E-state index contributed by atoms with van der Waals surface area (Å²) in [6, 6.07) is -0.161. The first kappa shape index (κ1) is 15.6. The lowest BCUT2D eigenvalue weighted by Gasteiger charge is -2.41. The van der Waals surface area contributed by atoms with Gasteiger partial charge in [-0.1, -0.05) is 20.8 Å². The van der Waals surface area contributed by atoms with Crippen molar-refractivity contribution in [1.29, 1.82) is 0 Å². The maximum Gasteiger partial charge on any atom is 0.235 e. The van der Waals surface area contributed by atoms with E-state index in [1.807, 2.05) is 0 Å². The van der Waals surface area contributed by atoms with Crippen LogP contribution in [0.5, 0.6) is 0 Å². The summed E-state index contributed by atoms with van der Waals surface area (Å²) in [6.45, 7) is 12.5. The predicted molar refractivity (Wildman–Crippen MR) is 73.4 cm³/mol. The normalized spacial score (nSPS) is 24.8. The summed E-state index contributed by atoms with van der Waals surface area (Å²) in [4.78, 5) is 11.2. The van der Waals surface area contributed by atoms with Gasteiger partial charge in [0.15, 0.2) is 8.32 Å². The second-order valence-corrected chi connectivity index (χ2v) is 11.3. The molecule has 3 unspecified atom stereocenters. The number of hydrogen-bond acceptors (Lipinski definition) is 4. The fourth-order valence-electron chi connectivity index (χ4n) is 1.71. The fraction of sp³-hybridized carbons (Fsp3) is 0.917. The maximum atomic E-state index is 11.2. The van der Waals surface area contributed by atoms with Gasteiger partial charge in [-0.15, -0.1) is 0 Å². The topological polar surface area (TPSA) is 70.6 Å². The predicted octanol–water partition coefficient (Wildman–Crippen LogP) is 1.15. The highest BCUT2D eigenvalue weighted by molar-refractivity contribution is 6.74. The van der Waals surface area contributed by atoms with E-state index in [2.05, 4.69) is 44.7 Å². The first-order chi connectivity index (χ1) is 8.04. The SMILES string of the molecule is CC(O)C(O[Si](C)(C)C(C)(C)C)C1CC(=O)NN1. The largest absolute Gasteiger partial charge is 0.410 e. The molecule has 3 N–H and O–H groups in total. The molecule has 0 aliphatic carbocycles. The Balaban J connectivity index is 2.78. The number of rotatable bonds is 4. The number of nitrogens with one attached hydrogen (secondary N) is 2. The first-order valence-electron chi connectivity index (χ1n) is 6.45. The average Bonchev–Trinajstić information content (AvgIpc) is 2.59. The van der Waals surface area contributed by atoms with Gasteiger partial charge in [-0.05, 0) is 25.1 Å². The van der Waals surface area contributed by atoms with Crippen LogP contribution in [0.25, 0.3) is 0 Å². The lowest BCUT2D eigenvalue weighted by atomic mass is 10.1. The lowest BCUT2D eigenvalue weighted by Crippen LogP contribution is -2.53. The van der Waals surface area contributed by atoms with Gasteiger partial charge in [0.1, 0.15) is 0 Å². The van der Waals surface area contributed by atoms with Gasteiger partial charge < -0.3 is 9.53 Å². The number of hydrogen-bond donors (Lipinski definition) is 3. The van der Waals surface area contributed by atoms with Crippen LogP contribution in [0.1, 0.15) is 34.1 Å². The molecule has 0 saturated carbocycles. The molecule has 106 valence electrons. The molecule has 1 fully saturated rings. The summed E-state index contributed by atoms with van der Waals surface area (Å²) in [7, 11) is -1.96. The second-order valence-electron chi connectivity index (χ2n) is 6.59. The summed E-state index contributed by atoms with van der Waals surface area (Å²) in [5, 5.41) is 9.99. The molecule has 0 aromatic heterocycles. The van der Waals surface area contributed by atoms with E-state index in [9.17, 15) is 9.90 Å². The molecule has 0 aromatic carbocycles. The Bertz CT molecular complexity index is 313. The fourth-order valence-corrected chi connectivity index (χ4v) is 3.10. The van der Waals surface area contributed by atoms with Crippen molar-refractivity contribution in [3.8, 4) is 0 Å². The summed E-state index contributed by atoms with van der Waals surface area (Å²) in [5.41, 5.74) is 5.46. The standard InChI is InChI=1S/C12H26N2O3Si/c1-8(15)11(9-7-10(16)14-13-9)17-18(5,6)12(2,3)4/h8-9,11,13,15H,7H2,1-6H3,(H,14,16). The van der Waals surface area contributed by atoms with Gasteiger partial charge in [-0.25, -0.2) is 5.43 Å². The molecular weight excluding hydrogens is 248 g/mol. The molecule has 1 rings (SSSR count). The molecule has 0 aromatic rings. The molecule has 0 spiro atoms. The van der Waals surface area contributed by atoms with Crippen LogP contribution >= 0.6 is 0 Å². The van der Waals surface area contributed by atoms with E-state index in [1.165, 1.54) is 0 Å². The van der Waals surface area contributed by atoms with Gasteiger partial charge in [0.25, 0.3) is 0 Å². The number of carbonyl (C=O) groups is 1. The Morgan fingerprint density at radius 1 is 1.44 bits per heavy atom. The van der Waals surface area contributed by atoms with Crippen LogP contribution in [0.4, 0.5) is 0 Å². The summed E-state index contributed by atoms with van der Waals surface area (Å²) < 4.78 is 6.23. The number of aliphatic hydroxyl groups is 1. The Hall–Kier alpha value is -0.433. The third kappa shape index (κ3) is 3.54. The van der Waals surface area contributed by atoms with Crippen LogP contribution in [0, 0.1) is 0 Å². The summed E-state index contributed by atoms with van der Waals surface area (Å²) in [6.07, 6.45) is -0.612. The van der Waals surface area contributed by atoms with Crippen LogP contribution in [0.3, 0.4) is 0 Å². The van der Waals surface area contributed by atoms with Gasteiger partial charge in [-0.2, -0.15) is 0 Å². The first-order valence-corrected chi connectivity index (χ1v) is 9.35.